The van der Waals surface area contributed by atoms with Crippen molar-refractivity contribution in [3.8, 4) is 11.3 Å². The van der Waals surface area contributed by atoms with Gasteiger partial charge in [0.2, 0.25) is 0 Å². The van der Waals surface area contributed by atoms with E-state index in [0.717, 1.165) is 41.7 Å². The van der Waals surface area contributed by atoms with Crippen LogP contribution in [0, 0.1) is 12.8 Å². The number of carbonyl (C=O) groups excluding carboxylic acids is 2. The Hall–Kier alpha value is -2.93. The summed E-state index contributed by atoms with van der Waals surface area (Å²) < 4.78 is 10.3. The van der Waals surface area contributed by atoms with Crippen LogP contribution < -0.4 is 5.32 Å². The molecule has 0 spiro atoms. The number of amides is 1. The zero-order chi connectivity index (χ0) is 21.3. The number of carbonyl (C=O) groups is 2. The first-order valence-electron chi connectivity index (χ1n) is 10.1. The smallest absolute Gasteiger partial charge is 0.341 e. The molecule has 0 radical (unpaired) electrons. The lowest BCUT2D eigenvalue weighted by Crippen LogP contribution is -2.17. The Bertz CT molecular complexity index is 1080. The van der Waals surface area contributed by atoms with E-state index in [1.54, 1.807) is 6.92 Å². The Morgan fingerprint density at radius 1 is 1.27 bits per heavy atom. The van der Waals surface area contributed by atoms with E-state index in [1.165, 1.54) is 18.4 Å². The Kier molecular flexibility index (Phi) is 5.72. The number of hydrogen-bond acceptors (Lipinski definition) is 6. The topological polar surface area (TPSA) is 81.4 Å². The van der Waals surface area contributed by atoms with Crippen molar-refractivity contribution < 1.29 is 18.8 Å². The number of anilines is 1. The largest absolute Gasteiger partial charge is 0.465 e. The summed E-state index contributed by atoms with van der Waals surface area (Å²) in [6.45, 7) is 3.90. The summed E-state index contributed by atoms with van der Waals surface area (Å²) in [7, 11) is 1.37. The number of thiophene rings is 1. The van der Waals surface area contributed by atoms with Crippen LogP contribution in [0.5, 0.6) is 0 Å². The molecule has 30 heavy (non-hydrogen) atoms. The second-order valence-electron chi connectivity index (χ2n) is 7.50. The molecule has 1 N–H and O–H groups in total. The van der Waals surface area contributed by atoms with Crippen LogP contribution in [0.2, 0.25) is 0 Å². The molecule has 0 fully saturated rings. The van der Waals surface area contributed by atoms with E-state index >= 15 is 0 Å². The molecule has 0 saturated heterocycles. The molecule has 0 saturated carbocycles. The van der Waals surface area contributed by atoms with Gasteiger partial charge in [-0.2, -0.15) is 0 Å². The predicted octanol–water partition coefficient (Wildman–Crippen LogP) is 5.27. The van der Waals surface area contributed by atoms with E-state index < -0.39 is 5.97 Å². The number of hydrogen-bond donors (Lipinski definition) is 1. The first kappa shape index (κ1) is 20.3. The van der Waals surface area contributed by atoms with Crippen molar-refractivity contribution in [2.45, 2.75) is 39.5 Å². The molecule has 156 valence electrons. The summed E-state index contributed by atoms with van der Waals surface area (Å²) in [6.07, 6.45) is 3.90. The lowest BCUT2D eigenvalue weighted by atomic mass is 9.85. The fourth-order valence-corrected chi connectivity index (χ4v) is 5.35. The van der Waals surface area contributed by atoms with Crippen LogP contribution in [0.15, 0.2) is 34.9 Å². The van der Waals surface area contributed by atoms with Crippen molar-refractivity contribution in [3.05, 3.63) is 57.7 Å². The van der Waals surface area contributed by atoms with Gasteiger partial charge in [-0.15, -0.1) is 11.3 Å². The van der Waals surface area contributed by atoms with Gasteiger partial charge in [0.1, 0.15) is 22.0 Å². The van der Waals surface area contributed by atoms with Gasteiger partial charge < -0.3 is 14.6 Å². The Balaban J connectivity index is 1.70. The average molecular weight is 425 g/mol. The van der Waals surface area contributed by atoms with E-state index in [1.807, 2.05) is 30.3 Å². The zero-order valence-corrected chi connectivity index (χ0v) is 18.1. The normalized spacial score (nSPS) is 15.5. The Labute approximate surface area is 179 Å². The van der Waals surface area contributed by atoms with Gasteiger partial charge in [-0.3, -0.25) is 4.79 Å². The van der Waals surface area contributed by atoms with E-state index in [9.17, 15) is 9.59 Å². The van der Waals surface area contributed by atoms with Gasteiger partial charge in [0.25, 0.3) is 5.91 Å². The lowest BCUT2D eigenvalue weighted by molar-refractivity contribution is 0.0601. The van der Waals surface area contributed by atoms with Crippen molar-refractivity contribution in [2.75, 3.05) is 12.4 Å². The number of benzene rings is 1. The van der Waals surface area contributed by atoms with E-state index in [0.29, 0.717) is 33.5 Å². The molecule has 1 aliphatic rings. The average Bonchev–Trinajstić information content (AvgIpc) is 3.33. The molecule has 4 rings (SSSR count). The summed E-state index contributed by atoms with van der Waals surface area (Å²) in [4.78, 5) is 26.9. The highest BCUT2D eigenvalue weighted by Gasteiger charge is 2.31. The lowest BCUT2D eigenvalue weighted by Gasteiger charge is -2.20. The van der Waals surface area contributed by atoms with Crippen LogP contribution in [-0.4, -0.2) is 24.1 Å². The minimum Gasteiger partial charge on any atom is -0.465 e. The highest BCUT2D eigenvalue weighted by Crippen LogP contribution is 2.41. The van der Waals surface area contributed by atoms with Gasteiger partial charge in [0.05, 0.1) is 12.7 Å². The quantitative estimate of drug-likeness (QED) is 0.565. The van der Waals surface area contributed by atoms with Crippen molar-refractivity contribution in [2.24, 2.45) is 5.92 Å². The van der Waals surface area contributed by atoms with Gasteiger partial charge >= 0.3 is 5.97 Å². The molecule has 7 heteroatoms. The molecule has 6 nitrogen and oxygen atoms in total. The Morgan fingerprint density at radius 3 is 2.73 bits per heavy atom. The SMILES string of the molecule is CC[C@H]1CCc2c(sc(NC(=O)c3c(-c4ccccc4)noc3C)c2C(=O)OC)C1. The highest BCUT2D eigenvalue weighted by molar-refractivity contribution is 7.17. The third kappa shape index (κ3) is 3.65. The van der Waals surface area contributed by atoms with E-state index in [4.69, 9.17) is 9.26 Å². The molecule has 3 aromatic rings. The van der Waals surface area contributed by atoms with Crippen LogP contribution in [0.25, 0.3) is 11.3 Å². The number of nitrogens with zero attached hydrogens (tertiary/aromatic N) is 1. The second kappa shape index (κ2) is 8.44. The number of rotatable bonds is 5. The maximum atomic E-state index is 13.2. The predicted molar refractivity (Wildman–Crippen MR) is 116 cm³/mol. The first-order chi connectivity index (χ1) is 14.5. The van der Waals surface area contributed by atoms with E-state index in [2.05, 4.69) is 17.4 Å². The number of fused-ring (bicyclic) bond motifs is 1. The van der Waals surface area contributed by atoms with Crippen molar-refractivity contribution in [3.63, 3.8) is 0 Å². The van der Waals surface area contributed by atoms with Gasteiger partial charge in [-0.1, -0.05) is 48.8 Å². The maximum absolute atomic E-state index is 13.2. The van der Waals surface area contributed by atoms with Crippen molar-refractivity contribution in [1.82, 2.24) is 5.16 Å². The molecular formula is C23H24N2O4S. The standard InChI is InChI=1S/C23H24N2O4S/c1-4-14-10-11-16-17(12-14)30-22(19(16)23(27)28-3)24-21(26)18-13(2)29-25-20(18)15-8-6-5-7-9-15/h5-9,14H,4,10-12H2,1-3H3,(H,24,26)/t14-/m0/s1. The molecule has 1 aliphatic carbocycles. The number of ether oxygens (including phenoxy) is 1. The molecule has 2 aromatic heterocycles. The molecule has 1 aromatic carbocycles. The molecule has 0 aliphatic heterocycles. The number of nitrogens with one attached hydrogen (secondary N) is 1. The zero-order valence-electron chi connectivity index (χ0n) is 17.3. The molecule has 0 bridgehead atoms. The minimum absolute atomic E-state index is 0.344. The maximum Gasteiger partial charge on any atom is 0.341 e. The van der Waals surface area contributed by atoms with Gasteiger partial charge in [-0.25, -0.2) is 4.79 Å². The van der Waals surface area contributed by atoms with Gasteiger partial charge in [-0.05, 0) is 37.7 Å². The number of aromatic nitrogens is 1. The van der Waals surface area contributed by atoms with Crippen LogP contribution in [0.1, 0.15) is 56.7 Å². The minimum atomic E-state index is -0.414. The molecule has 0 unspecified atom stereocenters. The van der Waals surface area contributed by atoms with Crippen LogP contribution >= 0.6 is 11.3 Å². The summed E-state index contributed by atoms with van der Waals surface area (Å²) in [5, 5.41) is 7.57. The molecular weight excluding hydrogens is 400 g/mol. The van der Waals surface area contributed by atoms with Crippen LogP contribution in [0.3, 0.4) is 0 Å². The highest BCUT2D eigenvalue weighted by atomic mass is 32.1. The number of aryl methyl sites for hydroxylation is 1. The fourth-order valence-electron chi connectivity index (χ4n) is 4.01. The summed E-state index contributed by atoms with van der Waals surface area (Å²) in [5.74, 6) is 0.278. The number of esters is 1. The third-order valence-electron chi connectivity index (χ3n) is 5.70. The second-order valence-corrected chi connectivity index (χ2v) is 8.60. The molecule has 2 heterocycles. The van der Waals surface area contributed by atoms with Crippen LogP contribution in [0.4, 0.5) is 5.00 Å². The molecule has 1 amide bonds. The monoisotopic (exact) mass is 424 g/mol. The van der Waals surface area contributed by atoms with Gasteiger partial charge in [0, 0.05) is 10.4 Å². The molecule has 1 atom stereocenters. The van der Waals surface area contributed by atoms with Crippen molar-refractivity contribution in [1.29, 1.82) is 0 Å². The summed E-state index contributed by atoms with van der Waals surface area (Å²) in [5.41, 5.74) is 3.14. The Morgan fingerprint density at radius 2 is 2.03 bits per heavy atom. The van der Waals surface area contributed by atoms with Gasteiger partial charge in [0.15, 0.2) is 0 Å². The fraction of sp³-hybridized carbons (Fsp3) is 0.348. The number of methoxy groups -OCH3 is 1. The third-order valence-corrected chi connectivity index (χ3v) is 6.87. The van der Waals surface area contributed by atoms with Crippen LogP contribution in [-0.2, 0) is 17.6 Å². The van der Waals surface area contributed by atoms with E-state index in [-0.39, 0.29) is 5.91 Å². The first-order valence-corrected chi connectivity index (χ1v) is 10.9. The summed E-state index contributed by atoms with van der Waals surface area (Å²) >= 11 is 1.47. The summed E-state index contributed by atoms with van der Waals surface area (Å²) in [6, 6.07) is 9.42. The van der Waals surface area contributed by atoms with Crippen molar-refractivity contribution >= 4 is 28.2 Å².